The molecule has 25 heavy (non-hydrogen) atoms. The molecule has 1 saturated carbocycles. The van der Waals surface area contributed by atoms with Crippen molar-refractivity contribution in [2.75, 3.05) is 0 Å². The smallest absolute Gasteiger partial charge is 0.348 e. The second kappa shape index (κ2) is 6.38. The molecule has 132 valence electrons. The first-order valence-electron chi connectivity index (χ1n) is 7.93. The summed E-state index contributed by atoms with van der Waals surface area (Å²) in [5.41, 5.74) is 0.117. The second-order valence-electron chi connectivity index (χ2n) is 6.19. The van der Waals surface area contributed by atoms with Crippen LogP contribution in [0, 0.1) is 6.92 Å². The Bertz CT molecular complexity index is 850. The monoisotopic (exact) mass is 350 g/mol. The topological polar surface area (TPSA) is 51.1 Å². The van der Waals surface area contributed by atoms with Gasteiger partial charge in [-0.2, -0.15) is 13.2 Å². The number of carbonyl (C=O) groups excluding carboxylic acids is 1. The van der Waals surface area contributed by atoms with Crippen LogP contribution in [0.2, 0.25) is 0 Å². The molecule has 7 heteroatoms. The Labute approximate surface area is 142 Å². The van der Waals surface area contributed by atoms with Gasteiger partial charge in [0.15, 0.2) is 0 Å². The molecule has 0 spiro atoms. The Morgan fingerprint density at radius 3 is 2.40 bits per heavy atom. The molecule has 1 heterocycles. The zero-order valence-electron chi connectivity index (χ0n) is 13.6. The second-order valence-corrected chi connectivity index (χ2v) is 6.19. The first-order chi connectivity index (χ1) is 11.8. The van der Waals surface area contributed by atoms with Crippen molar-refractivity contribution < 1.29 is 18.0 Å². The van der Waals surface area contributed by atoms with Crippen LogP contribution >= 0.6 is 0 Å². The number of aryl methyl sites for hydroxylation is 1. The Balaban J connectivity index is 1.73. The van der Waals surface area contributed by atoms with Gasteiger partial charge < -0.3 is 9.88 Å². The minimum atomic E-state index is -4.39. The van der Waals surface area contributed by atoms with E-state index < -0.39 is 17.6 Å². The number of aromatic nitrogens is 1. The average molecular weight is 350 g/mol. The number of nitrogens with one attached hydrogen (secondary N) is 1. The molecule has 4 nitrogen and oxygen atoms in total. The fourth-order valence-corrected chi connectivity index (χ4v) is 2.64. The van der Waals surface area contributed by atoms with Crippen molar-refractivity contribution in [1.29, 1.82) is 0 Å². The maximum absolute atomic E-state index is 12.5. The van der Waals surface area contributed by atoms with Gasteiger partial charge in [-0.15, -0.1) is 0 Å². The van der Waals surface area contributed by atoms with E-state index in [1.807, 2.05) is 0 Å². The number of hydrogen-bond acceptors (Lipinski definition) is 2. The maximum atomic E-state index is 12.5. The molecule has 0 aliphatic heterocycles. The van der Waals surface area contributed by atoms with E-state index in [0.717, 1.165) is 25.0 Å². The van der Waals surface area contributed by atoms with Crippen LogP contribution in [-0.4, -0.2) is 10.5 Å². The SMILES string of the molecule is Cc1ccn(C2CC2)c(=O)c1C(=O)NCc1ccc(C(F)(F)F)cc1. The lowest BCUT2D eigenvalue weighted by molar-refractivity contribution is -0.137. The number of nitrogens with zero attached hydrogens (tertiary/aromatic N) is 1. The summed E-state index contributed by atoms with van der Waals surface area (Å²) in [7, 11) is 0. The van der Waals surface area contributed by atoms with Gasteiger partial charge in [-0.05, 0) is 49.1 Å². The zero-order valence-corrected chi connectivity index (χ0v) is 13.6. The Hall–Kier alpha value is -2.57. The van der Waals surface area contributed by atoms with Crippen LogP contribution < -0.4 is 10.9 Å². The van der Waals surface area contributed by atoms with E-state index in [4.69, 9.17) is 0 Å². The van der Waals surface area contributed by atoms with Gasteiger partial charge in [0.05, 0.1) is 5.56 Å². The Morgan fingerprint density at radius 1 is 1.20 bits per heavy atom. The van der Waals surface area contributed by atoms with Crippen LogP contribution in [0.25, 0.3) is 0 Å². The Kier molecular flexibility index (Phi) is 4.41. The number of amides is 1. The predicted octanol–water partition coefficient (Wildman–Crippen LogP) is 3.44. The van der Waals surface area contributed by atoms with Crippen molar-refractivity contribution in [2.45, 2.75) is 38.5 Å². The number of carbonyl (C=O) groups is 1. The lowest BCUT2D eigenvalue weighted by Crippen LogP contribution is -2.33. The summed E-state index contributed by atoms with van der Waals surface area (Å²) >= 11 is 0. The summed E-state index contributed by atoms with van der Waals surface area (Å²) in [6.45, 7) is 1.74. The summed E-state index contributed by atoms with van der Waals surface area (Å²) < 4.78 is 39.2. The number of pyridine rings is 1. The van der Waals surface area contributed by atoms with Gasteiger partial charge in [0.2, 0.25) is 0 Å². The van der Waals surface area contributed by atoms with E-state index in [1.165, 1.54) is 12.1 Å². The van der Waals surface area contributed by atoms with E-state index in [-0.39, 0.29) is 23.7 Å². The third kappa shape index (κ3) is 3.75. The number of hydrogen-bond donors (Lipinski definition) is 1. The van der Waals surface area contributed by atoms with Gasteiger partial charge >= 0.3 is 6.18 Å². The fourth-order valence-electron chi connectivity index (χ4n) is 2.64. The quantitative estimate of drug-likeness (QED) is 0.918. The van der Waals surface area contributed by atoms with Crippen molar-refractivity contribution in [2.24, 2.45) is 0 Å². The molecule has 2 aromatic rings. The van der Waals surface area contributed by atoms with Gasteiger partial charge in [-0.3, -0.25) is 9.59 Å². The molecular formula is C18H17F3N2O2. The largest absolute Gasteiger partial charge is 0.416 e. The standard InChI is InChI=1S/C18H17F3N2O2/c1-11-8-9-23(14-6-7-14)17(25)15(11)16(24)22-10-12-2-4-13(5-3-12)18(19,20)21/h2-5,8-9,14H,6-7,10H2,1H3,(H,22,24). The highest BCUT2D eigenvalue weighted by molar-refractivity contribution is 5.95. The molecule has 1 amide bonds. The predicted molar refractivity (Wildman–Crippen MR) is 86.3 cm³/mol. The normalized spacial score (nSPS) is 14.4. The highest BCUT2D eigenvalue weighted by Gasteiger charge is 2.30. The molecule has 0 atom stereocenters. The summed E-state index contributed by atoms with van der Waals surface area (Å²) in [6, 6.07) is 6.44. The molecule has 0 unspecified atom stereocenters. The number of halogens is 3. The van der Waals surface area contributed by atoms with E-state index in [2.05, 4.69) is 5.32 Å². The van der Waals surface area contributed by atoms with Crippen molar-refractivity contribution in [3.63, 3.8) is 0 Å². The maximum Gasteiger partial charge on any atom is 0.416 e. The van der Waals surface area contributed by atoms with E-state index in [9.17, 15) is 22.8 Å². The van der Waals surface area contributed by atoms with E-state index in [1.54, 1.807) is 23.8 Å². The van der Waals surface area contributed by atoms with Gasteiger partial charge in [0.1, 0.15) is 5.56 Å². The first kappa shape index (κ1) is 17.3. The summed E-state index contributed by atoms with van der Waals surface area (Å²) in [5, 5.41) is 2.61. The number of alkyl halides is 3. The van der Waals surface area contributed by atoms with Crippen molar-refractivity contribution in [3.8, 4) is 0 Å². The molecule has 0 bridgehead atoms. The lowest BCUT2D eigenvalue weighted by Gasteiger charge is -2.11. The molecule has 1 aliphatic carbocycles. The number of benzene rings is 1. The van der Waals surface area contributed by atoms with E-state index in [0.29, 0.717) is 11.1 Å². The van der Waals surface area contributed by atoms with Crippen LogP contribution in [0.1, 0.15) is 45.9 Å². The summed E-state index contributed by atoms with van der Waals surface area (Å²) in [4.78, 5) is 24.8. The molecular weight excluding hydrogens is 333 g/mol. The molecule has 1 aromatic carbocycles. The van der Waals surface area contributed by atoms with Gasteiger partial charge in [-0.25, -0.2) is 0 Å². The highest BCUT2D eigenvalue weighted by Crippen LogP contribution is 2.33. The van der Waals surface area contributed by atoms with Crippen LogP contribution in [0.4, 0.5) is 13.2 Å². The minimum Gasteiger partial charge on any atom is -0.348 e. The average Bonchev–Trinajstić information content (AvgIpc) is 3.37. The summed E-state index contributed by atoms with van der Waals surface area (Å²) in [5.74, 6) is -0.516. The van der Waals surface area contributed by atoms with Gasteiger partial charge in [0, 0.05) is 18.8 Å². The highest BCUT2D eigenvalue weighted by atomic mass is 19.4. The van der Waals surface area contributed by atoms with Crippen molar-refractivity contribution >= 4 is 5.91 Å². The third-order valence-electron chi connectivity index (χ3n) is 4.23. The minimum absolute atomic E-state index is 0.0498. The lowest BCUT2D eigenvalue weighted by atomic mass is 10.1. The number of rotatable bonds is 4. The molecule has 1 fully saturated rings. The molecule has 3 rings (SSSR count). The van der Waals surface area contributed by atoms with Gasteiger partial charge in [-0.1, -0.05) is 12.1 Å². The van der Waals surface area contributed by atoms with E-state index >= 15 is 0 Å². The van der Waals surface area contributed by atoms with Crippen molar-refractivity contribution in [3.05, 3.63) is 69.1 Å². The van der Waals surface area contributed by atoms with Crippen molar-refractivity contribution in [1.82, 2.24) is 9.88 Å². The molecule has 1 N–H and O–H groups in total. The van der Waals surface area contributed by atoms with Crippen LogP contribution in [-0.2, 0) is 12.7 Å². The zero-order chi connectivity index (χ0) is 18.2. The molecule has 1 aliphatic rings. The van der Waals surface area contributed by atoms with Crippen LogP contribution in [0.5, 0.6) is 0 Å². The Morgan fingerprint density at radius 2 is 1.84 bits per heavy atom. The van der Waals surface area contributed by atoms with Crippen LogP contribution in [0.15, 0.2) is 41.3 Å². The molecule has 0 saturated heterocycles. The molecule has 0 radical (unpaired) electrons. The molecule has 1 aromatic heterocycles. The fraction of sp³-hybridized carbons (Fsp3) is 0.333. The third-order valence-corrected chi connectivity index (χ3v) is 4.23. The van der Waals surface area contributed by atoms with Crippen LogP contribution in [0.3, 0.4) is 0 Å². The first-order valence-corrected chi connectivity index (χ1v) is 7.93. The van der Waals surface area contributed by atoms with Gasteiger partial charge in [0.25, 0.3) is 11.5 Å². The summed E-state index contributed by atoms with van der Waals surface area (Å²) in [6.07, 6.45) is -0.843.